The summed E-state index contributed by atoms with van der Waals surface area (Å²) in [5, 5.41) is 71.4. The molecule has 17 nitrogen and oxygen atoms in total. The smallest absolute Gasteiger partial charge is 0.269 e. The van der Waals surface area contributed by atoms with Crippen LogP contribution in [0.2, 0.25) is 18.6 Å². The van der Waals surface area contributed by atoms with E-state index in [1.165, 1.54) is 35.2 Å². The van der Waals surface area contributed by atoms with E-state index in [4.69, 9.17) is 9.47 Å². The minimum atomic E-state index is -3.53. The van der Waals surface area contributed by atoms with Gasteiger partial charge in [-0.05, 0) is 43.3 Å². The minimum Gasteiger partial charge on any atom is -0.396 e. The Hall–Kier alpha value is -4.21. The number of aliphatic hydroxyl groups excluding tert-OH is 5. The molecule has 2 fully saturated rings. The highest BCUT2D eigenvalue weighted by Crippen LogP contribution is 2.60. The number of anilines is 2. The number of carbonyl (C=O) groups excluding carboxylic acids is 2. The first kappa shape index (κ1) is 37.5. The van der Waals surface area contributed by atoms with E-state index in [1.807, 2.05) is 0 Å². The number of amides is 2. The molecule has 6 rings (SSSR count). The van der Waals surface area contributed by atoms with Crippen LogP contribution >= 0.6 is 0 Å². The Balaban J connectivity index is 1.26. The third kappa shape index (κ3) is 6.73. The van der Waals surface area contributed by atoms with Crippen molar-refractivity contribution >= 4 is 37.3 Å². The predicted octanol–water partition coefficient (Wildman–Crippen LogP) is 0.872. The lowest BCUT2D eigenvalue weighted by molar-refractivity contribution is -0.385. The maximum atomic E-state index is 16.2. The molecule has 0 aliphatic carbocycles. The van der Waals surface area contributed by atoms with Crippen LogP contribution in [-0.2, 0) is 44.2 Å². The molecule has 0 unspecified atom stereocenters. The molecule has 9 atom stereocenters. The fourth-order valence-corrected chi connectivity index (χ4v) is 10.2. The van der Waals surface area contributed by atoms with Crippen molar-refractivity contribution < 1.29 is 53.6 Å². The molecule has 0 radical (unpaired) electrons. The monoisotopic (exact) mass is 744 g/mol. The number of nitrogens with zero attached hydrogens (tertiary/aromatic N) is 5. The van der Waals surface area contributed by atoms with Crippen molar-refractivity contribution in [1.82, 2.24) is 15.0 Å². The number of nitro groups is 1. The van der Waals surface area contributed by atoms with Crippen molar-refractivity contribution in [2.45, 2.75) is 93.9 Å². The Kier molecular flexibility index (Phi) is 10.3. The van der Waals surface area contributed by atoms with Crippen molar-refractivity contribution in [2.75, 3.05) is 16.8 Å². The van der Waals surface area contributed by atoms with E-state index in [0.717, 1.165) is 0 Å². The molecule has 6 N–H and O–H groups in total. The van der Waals surface area contributed by atoms with Gasteiger partial charge in [-0.2, -0.15) is 0 Å². The van der Waals surface area contributed by atoms with Crippen LogP contribution < -0.4 is 10.2 Å². The zero-order chi connectivity index (χ0) is 37.7. The summed E-state index contributed by atoms with van der Waals surface area (Å²) in [5.74, 6) is -2.08. The molecule has 1 aromatic heterocycles. The van der Waals surface area contributed by atoms with Crippen LogP contribution in [-0.4, -0.2) is 109 Å². The molecule has 52 heavy (non-hydrogen) atoms. The summed E-state index contributed by atoms with van der Waals surface area (Å²) < 4.78 is 29.4. The number of rotatable bonds is 11. The molecule has 3 aliphatic heterocycles. The van der Waals surface area contributed by atoms with E-state index in [9.17, 15) is 45.2 Å². The van der Waals surface area contributed by atoms with Crippen LogP contribution in [0.25, 0.3) is 0 Å². The first-order valence-electron chi connectivity index (χ1n) is 16.8. The number of aryl methyl sites for hydroxylation is 1. The number of fused-ring (bicyclic) bond motifs is 2. The van der Waals surface area contributed by atoms with E-state index < -0.39 is 79.0 Å². The van der Waals surface area contributed by atoms with E-state index in [1.54, 1.807) is 43.0 Å². The van der Waals surface area contributed by atoms with Crippen molar-refractivity contribution in [3.05, 3.63) is 75.6 Å². The first-order valence-corrected chi connectivity index (χ1v) is 19.8. The van der Waals surface area contributed by atoms with E-state index >= 15 is 4.11 Å². The Morgan fingerprint density at radius 3 is 2.48 bits per heavy atom. The zero-order valence-electron chi connectivity index (χ0n) is 28.6. The molecule has 3 aromatic rings. The normalized spacial score (nSPS) is 30.2. The Morgan fingerprint density at radius 1 is 1.12 bits per heavy atom. The van der Waals surface area contributed by atoms with Gasteiger partial charge in [0.05, 0.1) is 29.0 Å². The second-order valence-corrected chi connectivity index (χ2v) is 17.8. The minimum absolute atomic E-state index is 0.00516. The Labute approximate surface area is 297 Å². The van der Waals surface area contributed by atoms with Gasteiger partial charge < -0.3 is 49.3 Å². The van der Waals surface area contributed by atoms with Gasteiger partial charge in [-0.15, -0.1) is 5.10 Å². The van der Waals surface area contributed by atoms with Crippen molar-refractivity contribution in [1.29, 1.82) is 0 Å². The second kappa shape index (κ2) is 14.3. The molecule has 0 bridgehead atoms. The highest BCUT2D eigenvalue weighted by Gasteiger charge is 2.67. The van der Waals surface area contributed by atoms with Crippen molar-refractivity contribution in [2.24, 2.45) is 5.92 Å². The summed E-state index contributed by atoms with van der Waals surface area (Å²) in [6.07, 6.45) is -7.43. The third-order valence-corrected chi connectivity index (χ3v) is 12.6. The summed E-state index contributed by atoms with van der Waals surface area (Å²) in [6, 6.07) is 10.4. The Bertz CT molecular complexity index is 1830. The van der Waals surface area contributed by atoms with Crippen molar-refractivity contribution in [3.63, 3.8) is 0 Å². The van der Waals surface area contributed by atoms with Crippen LogP contribution in [0.1, 0.15) is 30.2 Å². The van der Waals surface area contributed by atoms with Crippen LogP contribution in [0.5, 0.6) is 0 Å². The van der Waals surface area contributed by atoms with Gasteiger partial charge in [0.1, 0.15) is 18.3 Å². The average molecular weight is 745 g/mol. The van der Waals surface area contributed by atoms with Gasteiger partial charge in [0.2, 0.25) is 8.41 Å². The maximum absolute atomic E-state index is 16.2. The standard InChI is InChI=1S/C33H41FN6O11Si/c1-17-29(52(2,3)34)24(10-12-38-16-20(11-13-41)36-37-38)51-33(17)22-14-21(40(48)49)8-9-23(22)39(32(33)47)15-18-4-6-19(7-5-18)35-30(45)28-26(43)25(42)27(44)31(46)50-28/h4-9,14,16-17,24-29,31,41-44,46H,10-13,15H2,1-3H3,(H,35,45)/t17-,24+,25+,26+,27-,28+,29-,31-,33+/m1/s1. The van der Waals surface area contributed by atoms with Gasteiger partial charge in [0, 0.05) is 60.6 Å². The maximum Gasteiger partial charge on any atom is 0.269 e. The van der Waals surface area contributed by atoms with E-state index in [2.05, 4.69) is 15.6 Å². The number of benzene rings is 2. The molecular weight excluding hydrogens is 703 g/mol. The number of aliphatic hydroxyl groups is 5. The third-order valence-electron chi connectivity index (χ3n) is 10.2. The number of nitro benzene ring substituents is 1. The number of carbonyl (C=O) groups is 2. The number of ether oxygens (including phenoxy) is 2. The lowest BCUT2D eigenvalue weighted by atomic mass is 9.82. The quantitative estimate of drug-likeness (QED) is 0.0692. The van der Waals surface area contributed by atoms with Gasteiger partial charge in [0.15, 0.2) is 18.0 Å². The van der Waals surface area contributed by atoms with Gasteiger partial charge in [-0.3, -0.25) is 24.4 Å². The number of halogens is 1. The highest BCUT2D eigenvalue weighted by molar-refractivity contribution is 6.72. The highest BCUT2D eigenvalue weighted by atomic mass is 28.4. The van der Waals surface area contributed by atoms with E-state index in [-0.39, 0.29) is 36.5 Å². The summed E-state index contributed by atoms with van der Waals surface area (Å²) in [5.41, 5.74) is -0.527. The van der Waals surface area contributed by atoms with Crippen molar-refractivity contribution in [3.8, 4) is 0 Å². The average Bonchev–Trinajstić information content (AvgIpc) is 3.74. The largest absolute Gasteiger partial charge is 0.396 e. The molecule has 3 aliphatic rings. The van der Waals surface area contributed by atoms with Crippen LogP contribution in [0.15, 0.2) is 48.7 Å². The summed E-state index contributed by atoms with van der Waals surface area (Å²) in [6.45, 7) is 5.06. The summed E-state index contributed by atoms with van der Waals surface area (Å²) in [4.78, 5) is 40.2. The molecule has 2 aromatic carbocycles. The number of hydrogen-bond donors (Lipinski definition) is 6. The van der Waals surface area contributed by atoms with Gasteiger partial charge in [-0.1, -0.05) is 24.3 Å². The van der Waals surface area contributed by atoms with Gasteiger partial charge in [-0.25, -0.2) is 0 Å². The zero-order valence-corrected chi connectivity index (χ0v) is 29.6. The predicted molar refractivity (Wildman–Crippen MR) is 182 cm³/mol. The van der Waals surface area contributed by atoms with Crippen LogP contribution in [0.4, 0.5) is 21.2 Å². The number of aromatic nitrogens is 3. The fraction of sp³-hybridized carbons (Fsp3) is 0.515. The lowest BCUT2D eigenvalue weighted by Crippen LogP contribution is -2.60. The Morgan fingerprint density at radius 2 is 1.83 bits per heavy atom. The molecule has 280 valence electrons. The summed E-state index contributed by atoms with van der Waals surface area (Å²) in [7, 11) is -3.53. The molecule has 0 saturated carbocycles. The van der Waals surface area contributed by atoms with Gasteiger partial charge >= 0.3 is 0 Å². The molecule has 2 saturated heterocycles. The molecule has 2 amide bonds. The lowest BCUT2D eigenvalue weighted by Gasteiger charge is -2.37. The SMILES string of the molecule is C[C@@H]1[C@@H]([Si](C)(C)F)[C@H](CCn2cc(CCO)nn2)O[C@@]12C(=O)N(Cc1ccc(NC(=O)[C@H]3O[C@@H](O)[C@H](O)[C@@H](O)[C@@H]3O)cc1)c1ccc([N+](=O)[O-])cc12. The molecular formula is C33H41FN6O11Si. The molecule has 19 heteroatoms. The fourth-order valence-electron chi connectivity index (χ4n) is 7.68. The topological polar surface area (TPSA) is 243 Å². The second-order valence-electron chi connectivity index (χ2n) is 14.0. The summed E-state index contributed by atoms with van der Waals surface area (Å²) >= 11 is 0. The van der Waals surface area contributed by atoms with Gasteiger partial charge in [0.25, 0.3) is 17.5 Å². The number of hydrogen-bond acceptors (Lipinski definition) is 13. The number of non-ortho nitro benzene ring substituents is 1. The van der Waals surface area contributed by atoms with Crippen LogP contribution in [0.3, 0.4) is 0 Å². The first-order chi connectivity index (χ1) is 24.6. The van der Waals surface area contributed by atoms with E-state index in [0.29, 0.717) is 29.9 Å². The molecule has 4 heterocycles. The van der Waals surface area contributed by atoms with Crippen LogP contribution in [0, 0.1) is 16.0 Å². The number of nitrogens with one attached hydrogen (secondary N) is 1. The molecule has 1 spiro atoms.